The Balaban J connectivity index is 1.36. The van der Waals surface area contributed by atoms with E-state index in [1.54, 1.807) is 26.8 Å². The summed E-state index contributed by atoms with van der Waals surface area (Å²) in [4.78, 5) is 68.5. The van der Waals surface area contributed by atoms with Gasteiger partial charge >= 0.3 is 24.3 Å². The molecule has 1 saturated carbocycles. The van der Waals surface area contributed by atoms with E-state index in [4.69, 9.17) is 9.47 Å². The van der Waals surface area contributed by atoms with Crippen LogP contribution in [0.2, 0.25) is 0 Å². The topological polar surface area (TPSA) is 155 Å². The number of nitrogens with zero attached hydrogens (tertiary/aromatic N) is 2. The van der Waals surface area contributed by atoms with Gasteiger partial charge in [0.1, 0.15) is 29.3 Å². The number of carboxylic acids is 1. The molecule has 3 N–H and O–H groups in total. The van der Waals surface area contributed by atoms with E-state index in [1.165, 1.54) is 15.9 Å². The summed E-state index contributed by atoms with van der Waals surface area (Å²) in [6.45, 7) is 4.71. The van der Waals surface area contributed by atoms with Crippen molar-refractivity contribution >= 4 is 30.0 Å². The Hall–Kier alpha value is -4.30. The number of carbonyl (C=O) groups is 5. The third-order valence-electron chi connectivity index (χ3n) is 9.09. The van der Waals surface area contributed by atoms with Gasteiger partial charge in [0.05, 0.1) is 12.1 Å². The molecule has 2 fully saturated rings. The second kappa shape index (κ2) is 13.3. The number of allylic oxidation sites excluding steroid dienone is 1. The Morgan fingerprint density at radius 3 is 2.48 bits per heavy atom. The molecule has 1 aromatic carbocycles. The summed E-state index contributed by atoms with van der Waals surface area (Å²) < 4.78 is 50.8. The summed E-state index contributed by atoms with van der Waals surface area (Å²) in [6.07, 6.45) is -0.507. The van der Waals surface area contributed by atoms with Crippen molar-refractivity contribution in [2.24, 2.45) is 5.92 Å². The van der Waals surface area contributed by atoms with Crippen LogP contribution >= 0.6 is 0 Å². The van der Waals surface area contributed by atoms with Gasteiger partial charge in [-0.2, -0.15) is 13.2 Å². The third-order valence-corrected chi connectivity index (χ3v) is 9.09. The van der Waals surface area contributed by atoms with E-state index in [0.29, 0.717) is 24.0 Å². The molecular weight excluding hydrogens is 637 g/mol. The van der Waals surface area contributed by atoms with Crippen LogP contribution < -0.4 is 10.6 Å². The first-order valence-corrected chi connectivity index (χ1v) is 16.1. The maximum atomic E-state index is 14.1. The lowest BCUT2D eigenvalue weighted by Crippen LogP contribution is -2.56. The number of rotatable bonds is 3. The predicted octanol–water partition coefficient (Wildman–Crippen LogP) is 4.50. The van der Waals surface area contributed by atoms with Gasteiger partial charge < -0.3 is 30.1 Å². The highest BCUT2D eigenvalue weighted by atomic mass is 19.4. The van der Waals surface area contributed by atoms with Gasteiger partial charge in [0.25, 0.3) is 0 Å². The number of carbonyl (C=O) groups excluding carboxylic acids is 4. The summed E-state index contributed by atoms with van der Waals surface area (Å²) in [5, 5.41) is 15.3. The number of nitrogens with one attached hydrogen (secondary N) is 2. The van der Waals surface area contributed by atoms with Crippen LogP contribution in [-0.4, -0.2) is 80.7 Å². The summed E-state index contributed by atoms with van der Waals surface area (Å²) in [5.41, 5.74) is -2.34. The molecule has 1 saturated heterocycles. The zero-order chi connectivity index (χ0) is 35.0. The van der Waals surface area contributed by atoms with Crippen molar-refractivity contribution in [2.45, 2.75) is 114 Å². The number of alkyl carbamates (subject to hydrolysis) is 1. The summed E-state index contributed by atoms with van der Waals surface area (Å²) in [5.74, 6) is -2.99. The summed E-state index contributed by atoms with van der Waals surface area (Å²) in [7, 11) is 0. The van der Waals surface area contributed by atoms with Gasteiger partial charge in [-0.1, -0.05) is 31.1 Å². The molecule has 0 bridgehead atoms. The van der Waals surface area contributed by atoms with E-state index < -0.39 is 77.0 Å². The molecule has 1 aromatic rings. The molecule has 4 amide bonds. The lowest BCUT2D eigenvalue weighted by molar-refractivity contribution is -0.145. The maximum absolute atomic E-state index is 14.1. The van der Waals surface area contributed by atoms with Crippen molar-refractivity contribution < 1.29 is 51.7 Å². The Morgan fingerprint density at radius 2 is 1.79 bits per heavy atom. The molecule has 0 spiro atoms. The zero-order valence-corrected chi connectivity index (χ0v) is 27.1. The Morgan fingerprint density at radius 1 is 1.06 bits per heavy atom. The van der Waals surface area contributed by atoms with Gasteiger partial charge in [0.15, 0.2) is 0 Å². The fraction of sp³-hybridized carbons (Fsp3) is 0.606. The molecule has 3 aliphatic heterocycles. The van der Waals surface area contributed by atoms with Gasteiger partial charge in [0, 0.05) is 25.4 Å². The Bertz CT molecular complexity index is 1490. The molecule has 0 radical (unpaired) electrons. The first-order valence-electron chi connectivity index (χ1n) is 16.1. The molecule has 262 valence electrons. The molecule has 5 atom stereocenters. The van der Waals surface area contributed by atoms with Crippen molar-refractivity contribution in [2.75, 3.05) is 6.54 Å². The van der Waals surface area contributed by atoms with Crippen molar-refractivity contribution in [3.8, 4) is 0 Å². The van der Waals surface area contributed by atoms with Gasteiger partial charge in [0.2, 0.25) is 11.8 Å². The average Bonchev–Trinajstić information content (AvgIpc) is 3.30. The Kier molecular flexibility index (Phi) is 9.71. The molecule has 48 heavy (non-hydrogen) atoms. The van der Waals surface area contributed by atoms with E-state index >= 15 is 0 Å². The van der Waals surface area contributed by atoms with Crippen LogP contribution in [0.4, 0.5) is 22.8 Å². The third kappa shape index (κ3) is 7.87. The van der Waals surface area contributed by atoms with E-state index in [9.17, 15) is 42.3 Å². The minimum absolute atomic E-state index is 0.0174. The number of ether oxygens (including phenoxy) is 2. The fourth-order valence-corrected chi connectivity index (χ4v) is 6.51. The van der Waals surface area contributed by atoms with Crippen molar-refractivity contribution in [3.05, 3.63) is 47.0 Å². The fourth-order valence-electron chi connectivity index (χ4n) is 6.51. The lowest BCUT2D eigenvalue weighted by atomic mass is 10.0. The quantitative estimate of drug-likeness (QED) is 0.395. The van der Waals surface area contributed by atoms with Crippen molar-refractivity contribution in [1.82, 2.24) is 20.4 Å². The SMILES string of the molecule is CC(C)(C)OC(=O)N[C@H]1CCCCC/C=C\[C@H]2C[C@]2(C(=O)O)NC(=O)[C@@H]2C[C@@H](OC(=O)N3Cc4ccc(C(F)(F)F)cc4C3)CN2C1=O. The standard InChI is InChI=1S/C33H41F3N4O8/c1-31(2,3)48-29(45)37-24-10-8-6-4-5-7-9-22-15-32(22,28(43)44)38-26(41)25-14-23(18-40(25)27(24)42)47-30(46)39-16-19-11-12-21(33(34,35)36)13-20(19)17-39/h7,9,11-13,22-25H,4-6,8,10,14-18H2,1-3H3,(H,37,45)(H,38,41)(H,43,44)/b9-7-/t22-,23+,24-,25-,32-/m0/s1. The monoisotopic (exact) mass is 678 g/mol. The lowest BCUT2D eigenvalue weighted by Gasteiger charge is -2.30. The highest BCUT2D eigenvalue weighted by Crippen LogP contribution is 2.45. The molecular formula is C33H41F3N4O8. The number of carboxylic acid groups (broad SMARTS) is 1. The first kappa shape index (κ1) is 35.0. The molecule has 1 aliphatic carbocycles. The van der Waals surface area contributed by atoms with Crippen LogP contribution in [0, 0.1) is 5.92 Å². The number of benzene rings is 1. The summed E-state index contributed by atoms with van der Waals surface area (Å²) in [6, 6.07) is 0.954. The van der Waals surface area contributed by atoms with Crippen LogP contribution in [-0.2, 0) is 43.1 Å². The van der Waals surface area contributed by atoms with Crippen LogP contribution in [0.3, 0.4) is 0 Å². The highest BCUT2D eigenvalue weighted by Gasteiger charge is 2.61. The van der Waals surface area contributed by atoms with Gasteiger partial charge in [-0.05, 0) is 69.7 Å². The molecule has 3 heterocycles. The number of fused-ring (bicyclic) bond motifs is 3. The number of hydrogen-bond acceptors (Lipinski definition) is 7. The van der Waals surface area contributed by atoms with E-state index in [-0.39, 0.29) is 38.9 Å². The normalized spacial score (nSPS) is 28.5. The first-order chi connectivity index (χ1) is 22.5. The molecule has 0 aromatic heterocycles. The van der Waals surface area contributed by atoms with E-state index in [2.05, 4.69) is 10.6 Å². The summed E-state index contributed by atoms with van der Waals surface area (Å²) >= 11 is 0. The molecule has 0 unspecified atom stereocenters. The molecule has 5 rings (SSSR count). The van der Waals surface area contributed by atoms with Crippen molar-refractivity contribution in [1.29, 1.82) is 0 Å². The average molecular weight is 679 g/mol. The molecule has 4 aliphatic rings. The number of halogens is 3. The maximum Gasteiger partial charge on any atom is 0.416 e. The van der Waals surface area contributed by atoms with Gasteiger partial charge in [-0.3, -0.25) is 14.5 Å². The van der Waals surface area contributed by atoms with Crippen LogP contribution in [0.15, 0.2) is 30.4 Å². The number of hydrogen-bond donors (Lipinski definition) is 3. The van der Waals surface area contributed by atoms with Crippen LogP contribution in [0.25, 0.3) is 0 Å². The minimum atomic E-state index is -4.54. The molecule has 12 nitrogen and oxygen atoms in total. The minimum Gasteiger partial charge on any atom is -0.479 e. The van der Waals surface area contributed by atoms with Crippen LogP contribution in [0.5, 0.6) is 0 Å². The number of aliphatic carboxylic acids is 1. The zero-order valence-electron chi connectivity index (χ0n) is 27.1. The van der Waals surface area contributed by atoms with Gasteiger partial charge in [-0.15, -0.1) is 0 Å². The van der Waals surface area contributed by atoms with Crippen molar-refractivity contribution in [3.63, 3.8) is 0 Å². The highest BCUT2D eigenvalue weighted by molar-refractivity contribution is 5.96. The predicted molar refractivity (Wildman–Crippen MR) is 163 cm³/mol. The Labute approximate surface area is 276 Å². The van der Waals surface area contributed by atoms with Crippen LogP contribution in [0.1, 0.15) is 82.4 Å². The second-order valence-corrected chi connectivity index (χ2v) is 13.9. The molecule has 15 heteroatoms. The smallest absolute Gasteiger partial charge is 0.416 e. The second-order valence-electron chi connectivity index (χ2n) is 13.9. The van der Waals surface area contributed by atoms with Gasteiger partial charge in [-0.25, -0.2) is 14.4 Å². The van der Waals surface area contributed by atoms with E-state index in [1.807, 2.05) is 6.08 Å². The number of alkyl halides is 3. The van der Waals surface area contributed by atoms with E-state index in [0.717, 1.165) is 25.0 Å². The largest absolute Gasteiger partial charge is 0.479 e. The number of amides is 4.